The highest BCUT2D eigenvalue weighted by Gasteiger charge is 2.37. The zero-order chi connectivity index (χ0) is 26.8. The number of ketones is 1. The number of carbonyl (C=O) groups excluding carboxylic acids is 1. The van der Waals surface area contributed by atoms with E-state index in [-0.39, 0.29) is 12.5 Å². The van der Waals surface area contributed by atoms with Gasteiger partial charge in [-0.25, -0.2) is 0 Å². The van der Waals surface area contributed by atoms with Crippen molar-refractivity contribution in [3.05, 3.63) is 99.5 Å². The number of ether oxygens (including phenoxy) is 2. The van der Waals surface area contributed by atoms with E-state index in [0.29, 0.717) is 47.7 Å². The third-order valence-corrected chi connectivity index (χ3v) is 6.23. The first-order valence-corrected chi connectivity index (χ1v) is 12.5. The van der Waals surface area contributed by atoms with E-state index in [9.17, 15) is 18.0 Å². The van der Waals surface area contributed by atoms with Gasteiger partial charge in [0, 0.05) is 29.6 Å². The Kier molecular flexibility index (Phi) is 10.8. The second kappa shape index (κ2) is 13.8. The third kappa shape index (κ3) is 9.67. The topological polar surface area (TPSA) is 38.8 Å². The van der Waals surface area contributed by atoms with Gasteiger partial charge < -0.3 is 14.4 Å². The maximum Gasteiger partial charge on any atom is 0.449 e. The summed E-state index contributed by atoms with van der Waals surface area (Å²) in [6, 6.07) is 21.8. The standard InChI is InChI=1S/C28H28Cl2F3NO3/c1-34(16-18-36-25-13-2-20(3-14-25)4-15-26(35)28(31,32)33)17-19-37-27(21-5-9-23(29)10-6-21)22-7-11-24(30)12-8-22/h2-3,5-14,27H,4,15-19H2,1H3. The number of benzene rings is 3. The van der Waals surface area contributed by atoms with Gasteiger partial charge in [-0.2, -0.15) is 13.2 Å². The lowest BCUT2D eigenvalue weighted by atomic mass is 10.0. The van der Waals surface area contributed by atoms with E-state index >= 15 is 0 Å². The summed E-state index contributed by atoms with van der Waals surface area (Å²) in [5.74, 6) is -1.10. The van der Waals surface area contributed by atoms with Crippen LogP contribution in [0.5, 0.6) is 5.75 Å². The lowest BCUT2D eigenvalue weighted by molar-refractivity contribution is -0.171. The quantitative estimate of drug-likeness (QED) is 0.225. The highest BCUT2D eigenvalue weighted by Crippen LogP contribution is 2.28. The summed E-state index contributed by atoms with van der Waals surface area (Å²) >= 11 is 12.1. The van der Waals surface area contributed by atoms with Crippen LogP contribution in [0.4, 0.5) is 13.2 Å². The molecule has 0 heterocycles. The van der Waals surface area contributed by atoms with Gasteiger partial charge in [0.25, 0.3) is 0 Å². The van der Waals surface area contributed by atoms with Crippen LogP contribution in [-0.2, 0) is 16.0 Å². The first-order valence-electron chi connectivity index (χ1n) is 11.7. The smallest absolute Gasteiger partial charge is 0.449 e. The van der Waals surface area contributed by atoms with Crippen LogP contribution in [0.15, 0.2) is 72.8 Å². The minimum Gasteiger partial charge on any atom is -0.492 e. The van der Waals surface area contributed by atoms with Gasteiger partial charge in [0.1, 0.15) is 18.5 Å². The van der Waals surface area contributed by atoms with Crippen molar-refractivity contribution in [1.29, 1.82) is 0 Å². The number of Topliss-reactive ketones (excluding diaryl/α,β-unsaturated/α-hetero) is 1. The Hall–Kier alpha value is -2.58. The molecule has 0 aliphatic carbocycles. The lowest BCUT2D eigenvalue weighted by Crippen LogP contribution is -2.28. The van der Waals surface area contributed by atoms with Crippen LogP contribution < -0.4 is 4.74 Å². The van der Waals surface area contributed by atoms with Crippen LogP contribution in [0.25, 0.3) is 0 Å². The van der Waals surface area contributed by atoms with E-state index in [2.05, 4.69) is 4.90 Å². The van der Waals surface area contributed by atoms with Crippen LogP contribution in [0, 0.1) is 0 Å². The molecule has 3 aromatic rings. The first kappa shape index (κ1) is 29.0. The van der Waals surface area contributed by atoms with Gasteiger partial charge >= 0.3 is 6.18 Å². The van der Waals surface area contributed by atoms with Crippen LogP contribution in [-0.4, -0.2) is 50.2 Å². The van der Waals surface area contributed by atoms with Gasteiger partial charge in [0.05, 0.1) is 6.61 Å². The molecule has 0 aliphatic rings. The second-order valence-corrected chi connectivity index (χ2v) is 9.44. The fraction of sp³-hybridized carbons (Fsp3) is 0.321. The minimum atomic E-state index is -4.78. The van der Waals surface area contributed by atoms with E-state index < -0.39 is 18.4 Å². The molecule has 0 aromatic heterocycles. The normalized spacial score (nSPS) is 11.8. The van der Waals surface area contributed by atoms with E-state index in [1.807, 2.05) is 55.6 Å². The number of rotatable bonds is 13. The van der Waals surface area contributed by atoms with E-state index in [4.69, 9.17) is 32.7 Å². The van der Waals surface area contributed by atoms with Gasteiger partial charge in [-0.3, -0.25) is 4.79 Å². The molecule has 0 aliphatic heterocycles. The van der Waals surface area contributed by atoms with Gasteiger partial charge in [-0.05, 0) is 66.6 Å². The average Bonchev–Trinajstić information content (AvgIpc) is 2.87. The molecular weight excluding hydrogens is 526 g/mol. The fourth-order valence-corrected chi connectivity index (χ4v) is 3.82. The van der Waals surface area contributed by atoms with Crippen molar-refractivity contribution < 1.29 is 27.4 Å². The highest BCUT2D eigenvalue weighted by atomic mass is 35.5. The van der Waals surface area contributed by atoms with Gasteiger partial charge in [0.2, 0.25) is 5.78 Å². The Bertz CT molecular complexity index is 1080. The molecule has 0 spiro atoms. The number of alkyl halides is 3. The summed E-state index contributed by atoms with van der Waals surface area (Å²) in [5, 5.41) is 1.31. The SMILES string of the molecule is CN(CCOc1ccc(CCC(=O)C(F)(F)F)cc1)CCOC(c1ccc(Cl)cc1)c1ccc(Cl)cc1. The van der Waals surface area contributed by atoms with Gasteiger partial charge in [0.15, 0.2) is 0 Å². The number of hydrogen-bond donors (Lipinski definition) is 0. The summed E-state index contributed by atoms with van der Waals surface area (Å²) in [5.41, 5.74) is 2.63. The Morgan fingerprint density at radius 1 is 0.838 bits per heavy atom. The highest BCUT2D eigenvalue weighted by molar-refractivity contribution is 6.30. The van der Waals surface area contributed by atoms with Crippen LogP contribution in [0.1, 0.15) is 29.2 Å². The molecule has 0 amide bonds. The van der Waals surface area contributed by atoms with E-state index in [1.165, 1.54) is 0 Å². The molecule has 0 bridgehead atoms. The number of aryl methyl sites for hydroxylation is 1. The zero-order valence-electron chi connectivity index (χ0n) is 20.3. The summed E-state index contributed by atoms with van der Waals surface area (Å²) in [6.07, 6.45) is -5.57. The molecule has 0 saturated heterocycles. The maximum absolute atomic E-state index is 12.3. The van der Waals surface area contributed by atoms with E-state index in [0.717, 1.165) is 11.1 Å². The van der Waals surface area contributed by atoms with Crippen LogP contribution in [0.3, 0.4) is 0 Å². The average molecular weight is 554 g/mol. The number of likely N-dealkylation sites (N-methyl/N-ethyl adjacent to an activating group) is 1. The summed E-state index contributed by atoms with van der Waals surface area (Å²) < 4.78 is 49.0. The number of carbonyl (C=O) groups is 1. The zero-order valence-corrected chi connectivity index (χ0v) is 21.8. The molecular formula is C28H28Cl2F3NO3. The Balaban J connectivity index is 1.43. The number of hydrogen-bond acceptors (Lipinski definition) is 4. The molecule has 0 unspecified atom stereocenters. The van der Waals surface area contributed by atoms with Crippen molar-refractivity contribution in [1.82, 2.24) is 4.90 Å². The minimum absolute atomic E-state index is 0.0361. The predicted octanol–water partition coefficient (Wildman–Crippen LogP) is 7.17. The monoisotopic (exact) mass is 553 g/mol. The lowest BCUT2D eigenvalue weighted by Gasteiger charge is -2.22. The second-order valence-electron chi connectivity index (χ2n) is 8.57. The fourth-order valence-electron chi connectivity index (χ4n) is 3.57. The van der Waals surface area contributed by atoms with Crippen molar-refractivity contribution >= 4 is 29.0 Å². The van der Waals surface area contributed by atoms with Gasteiger partial charge in [-0.1, -0.05) is 59.6 Å². The molecule has 0 N–H and O–H groups in total. The Morgan fingerprint density at radius 3 is 1.86 bits per heavy atom. The third-order valence-electron chi connectivity index (χ3n) is 5.73. The summed E-state index contributed by atoms with van der Waals surface area (Å²) in [4.78, 5) is 13.1. The van der Waals surface area contributed by atoms with Crippen molar-refractivity contribution in [2.75, 3.05) is 33.4 Å². The molecule has 0 saturated carbocycles. The predicted molar refractivity (Wildman–Crippen MR) is 140 cm³/mol. The van der Waals surface area contributed by atoms with E-state index in [1.54, 1.807) is 24.3 Å². The van der Waals surface area contributed by atoms with Crippen molar-refractivity contribution in [3.63, 3.8) is 0 Å². The molecule has 9 heteroatoms. The molecule has 3 rings (SSSR count). The largest absolute Gasteiger partial charge is 0.492 e. The number of nitrogens with zero attached hydrogens (tertiary/aromatic N) is 1. The summed E-state index contributed by atoms with van der Waals surface area (Å²) in [7, 11) is 1.97. The molecule has 37 heavy (non-hydrogen) atoms. The van der Waals surface area contributed by atoms with Crippen molar-refractivity contribution in [3.8, 4) is 5.75 Å². The molecule has 0 radical (unpaired) electrons. The molecule has 198 valence electrons. The molecule has 4 nitrogen and oxygen atoms in total. The Labute approximate surface area is 224 Å². The Morgan fingerprint density at radius 2 is 1.35 bits per heavy atom. The molecule has 3 aromatic carbocycles. The van der Waals surface area contributed by atoms with Crippen LogP contribution in [0.2, 0.25) is 10.0 Å². The maximum atomic E-state index is 12.3. The van der Waals surface area contributed by atoms with Crippen molar-refractivity contribution in [2.45, 2.75) is 25.1 Å². The van der Waals surface area contributed by atoms with Crippen LogP contribution >= 0.6 is 23.2 Å². The first-order chi connectivity index (χ1) is 17.6. The van der Waals surface area contributed by atoms with Gasteiger partial charge in [-0.15, -0.1) is 0 Å². The number of halogens is 5. The van der Waals surface area contributed by atoms with Crippen molar-refractivity contribution in [2.24, 2.45) is 0 Å². The molecule has 0 fully saturated rings. The summed E-state index contributed by atoms with van der Waals surface area (Å²) in [6.45, 7) is 2.24. The molecule has 0 atom stereocenters.